The summed E-state index contributed by atoms with van der Waals surface area (Å²) in [7, 11) is 0. The zero-order valence-electron chi connectivity index (χ0n) is 12.7. The second-order valence-corrected chi connectivity index (χ2v) is 6.46. The van der Waals surface area contributed by atoms with E-state index in [1.54, 1.807) is 4.68 Å². The highest BCUT2D eigenvalue weighted by molar-refractivity contribution is 5.96. The molecular weight excluding hydrogens is 260 g/mol. The fourth-order valence-corrected chi connectivity index (χ4v) is 3.55. The first-order valence-corrected chi connectivity index (χ1v) is 7.79. The van der Waals surface area contributed by atoms with Gasteiger partial charge in [-0.15, -0.1) is 0 Å². The molecule has 1 heterocycles. The Morgan fingerprint density at radius 3 is 2.38 bits per heavy atom. The van der Waals surface area contributed by atoms with Gasteiger partial charge >= 0.3 is 0 Å². The Bertz CT molecular complexity index is 607. The highest BCUT2D eigenvalue weighted by Gasteiger charge is 2.30. The third-order valence-electron chi connectivity index (χ3n) is 4.41. The first kappa shape index (κ1) is 14.1. The van der Waals surface area contributed by atoms with Gasteiger partial charge < -0.3 is 0 Å². The summed E-state index contributed by atoms with van der Waals surface area (Å²) < 4.78 is 1.78. The molecule has 0 aliphatic heterocycles. The summed E-state index contributed by atoms with van der Waals surface area (Å²) in [6.07, 6.45) is 5.11. The molecule has 0 bridgehead atoms. The van der Waals surface area contributed by atoms with Crippen molar-refractivity contribution >= 4 is 5.78 Å². The Morgan fingerprint density at radius 2 is 1.71 bits per heavy atom. The van der Waals surface area contributed by atoms with Crippen molar-refractivity contribution in [2.75, 3.05) is 0 Å². The predicted molar refractivity (Wildman–Crippen MR) is 83.6 cm³/mol. The maximum absolute atomic E-state index is 12.7. The molecule has 0 amide bonds. The summed E-state index contributed by atoms with van der Waals surface area (Å²) in [6, 6.07) is 11.8. The number of ketones is 1. The normalized spacial score (nSPS) is 25.7. The number of benzene rings is 1. The molecule has 1 aromatic carbocycles. The highest BCUT2D eigenvalue weighted by Crippen LogP contribution is 2.34. The summed E-state index contributed by atoms with van der Waals surface area (Å²) in [6.45, 7) is 4.50. The molecular formula is C18H22N2O. The molecule has 0 N–H and O–H groups in total. The van der Waals surface area contributed by atoms with Crippen LogP contribution >= 0.6 is 0 Å². The molecule has 2 atom stereocenters. The molecule has 0 spiro atoms. The molecule has 1 fully saturated rings. The van der Waals surface area contributed by atoms with Crippen LogP contribution < -0.4 is 0 Å². The second kappa shape index (κ2) is 5.84. The van der Waals surface area contributed by atoms with E-state index >= 15 is 0 Å². The minimum absolute atomic E-state index is 0.142. The highest BCUT2D eigenvalue weighted by atomic mass is 16.1. The van der Waals surface area contributed by atoms with Crippen molar-refractivity contribution in [1.82, 2.24) is 9.78 Å². The molecule has 21 heavy (non-hydrogen) atoms. The number of carbonyl (C=O) groups is 1. The number of Topliss-reactive ketones (excluding diaryl/α,β-unsaturated/α-hetero) is 1. The van der Waals surface area contributed by atoms with Gasteiger partial charge in [-0.25, -0.2) is 4.68 Å². The lowest BCUT2D eigenvalue weighted by Gasteiger charge is -2.30. The van der Waals surface area contributed by atoms with E-state index in [2.05, 4.69) is 18.9 Å². The standard InChI is InChI=1S/C18H22N2O/c1-13-10-14(2)12-15(11-13)18(21)17-8-9-20(19-17)16-6-4-3-5-7-16/h3-9,13-15H,10-12H2,1-2H3. The van der Waals surface area contributed by atoms with Gasteiger partial charge in [0.05, 0.1) is 5.69 Å². The van der Waals surface area contributed by atoms with Crippen molar-refractivity contribution < 1.29 is 4.79 Å². The fourth-order valence-electron chi connectivity index (χ4n) is 3.55. The van der Waals surface area contributed by atoms with E-state index in [9.17, 15) is 4.79 Å². The second-order valence-electron chi connectivity index (χ2n) is 6.46. The minimum Gasteiger partial charge on any atom is -0.292 e. The van der Waals surface area contributed by atoms with Crippen LogP contribution in [-0.4, -0.2) is 15.6 Å². The first-order chi connectivity index (χ1) is 10.1. The van der Waals surface area contributed by atoms with Crippen LogP contribution in [0, 0.1) is 17.8 Å². The Hall–Kier alpha value is -1.90. The molecule has 2 aromatic rings. The summed E-state index contributed by atoms with van der Waals surface area (Å²) >= 11 is 0. The van der Waals surface area contributed by atoms with E-state index in [0.717, 1.165) is 18.5 Å². The van der Waals surface area contributed by atoms with Gasteiger partial charge in [0.2, 0.25) is 0 Å². The molecule has 1 aromatic heterocycles. The van der Waals surface area contributed by atoms with Crippen LogP contribution in [0.5, 0.6) is 0 Å². The average molecular weight is 282 g/mol. The third-order valence-corrected chi connectivity index (χ3v) is 4.41. The number of aromatic nitrogens is 2. The molecule has 1 aliphatic rings. The van der Waals surface area contributed by atoms with Crippen molar-refractivity contribution in [3.8, 4) is 5.69 Å². The lowest BCUT2D eigenvalue weighted by atomic mass is 9.74. The summed E-state index contributed by atoms with van der Waals surface area (Å²) in [5.41, 5.74) is 1.59. The maximum Gasteiger partial charge on any atom is 0.186 e. The van der Waals surface area contributed by atoms with Crippen LogP contribution in [0.2, 0.25) is 0 Å². The van der Waals surface area contributed by atoms with E-state index in [1.165, 1.54) is 6.42 Å². The Kier molecular flexibility index (Phi) is 3.91. The van der Waals surface area contributed by atoms with Gasteiger partial charge in [-0.2, -0.15) is 5.10 Å². The van der Waals surface area contributed by atoms with Crippen molar-refractivity contribution in [3.63, 3.8) is 0 Å². The molecule has 3 rings (SSSR count). The van der Waals surface area contributed by atoms with Gasteiger partial charge in [-0.1, -0.05) is 32.0 Å². The molecule has 3 nitrogen and oxygen atoms in total. The van der Waals surface area contributed by atoms with Gasteiger partial charge in [0.15, 0.2) is 5.78 Å². The van der Waals surface area contributed by atoms with E-state index in [0.29, 0.717) is 17.5 Å². The van der Waals surface area contributed by atoms with E-state index in [-0.39, 0.29) is 11.7 Å². The van der Waals surface area contributed by atoms with Gasteiger partial charge in [-0.05, 0) is 49.3 Å². The molecule has 2 unspecified atom stereocenters. The van der Waals surface area contributed by atoms with Crippen LogP contribution in [-0.2, 0) is 0 Å². The summed E-state index contributed by atoms with van der Waals surface area (Å²) in [4.78, 5) is 12.7. The van der Waals surface area contributed by atoms with Gasteiger partial charge in [0, 0.05) is 12.1 Å². The largest absolute Gasteiger partial charge is 0.292 e. The number of carbonyl (C=O) groups excluding carboxylic acids is 1. The van der Waals surface area contributed by atoms with Crippen LogP contribution in [0.1, 0.15) is 43.6 Å². The van der Waals surface area contributed by atoms with E-state index in [1.807, 2.05) is 42.6 Å². The first-order valence-electron chi connectivity index (χ1n) is 7.79. The fraction of sp³-hybridized carbons (Fsp3) is 0.444. The molecule has 0 saturated heterocycles. The molecule has 110 valence electrons. The molecule has 1 aliphatic carbocycles. The minimum atomic E-state index is 0.142. The van der Waals surface area contributed by atoms with Crippen molar-refractivity contribution in [2.24, 2.45) is 17.8 Å². The number of rotatable bonds is 3. The molecule has 1 saturated carbocycles. The molecule has 3 heteroatoms. The van der Waals surface area contributed by atoms with Gasteiger partial charge in [0.25, 0.3) is 0 Å². The van der Waals surface area contributed by atoms with Crippen LogP contribution in [0.15, 0.2) is 42.6 Å². The Morgan fingerprint density at radius 1 is 1.05 bits per heavy atom. The zero-order valence-corrected chi connectivity index (χ0v) is 12.7. The molecule has 0 radical (unpaired) electrons. The predicted octanol–water partition coefficient (Wildman–Crippen LogP) is 4.13. The van der Waals surface area contributed by atoms with Crippen molar-refractivity contribution in [1.29, 1.82) is 0 Å². The third kappa shape index (κ3) is 3.07. The number of nitrogens with zero attached hydrogens (tertiary/aromatic N) is 2. The SMILES string of the molecule is CC1CC(C)CC(C(=O)c2ccn(-c3ccccc3)n2)C1. The van der Waals surface area contributed by atoms with Crippen LogP contribution in [0.4, 0.5) is 0 Å². The van der Waals surface area contributed by atoms with Gasteiger partial charge in [-0.3, -0.25) is 4.79 Å². The summed E-state index contributed by atoms with van der Waals surface area (Å²) in [5.74, 6) is 1.63. The quantitative estimate of drug-likeness (QED) is 0.793. The van der Waals surface area contributed by atoms with Crippen LogP contribution in [0.3, 0.4) is 0 Å². The summed E-state index contributed by atoms with van der Waals surface area (Å²) in [5, 5.41) is 4.47. The Balaban J connectivity index is 1.78. The topological polar surface area (TPSA) is 34.9 Å². The lowest BCUT2D eigenvalue weighted by molar-refractivity contribution is 0.0830. The number of hydrogen-bond acceptors (Lipinski definition) is 2. The average Bonchev–Trinajstić information content (AvgIpc) is 2.96. The number of hydrogen-bond donors (Lipinski definition) is 0. The van der Waals surface area contributed by atoms with Crippen LogP contribution in [0.25, 0.3) is 5.69 Å². The maximum atomic E-state index is 12.7. The smallest absolute Gasteiger partial charge is 0.186 e. The Labute approximate surface area is 126 Å². The number of para-hydroxylation sites is 1. The lowest BCUT2D eigenvalue weighted by Crippen LogP contribution is -2.26. The van der Waals surface area contributed by atoms with Crippen molar-refractivity contribution in [3.05, 3.63) is 48.3 Å². The van der Waals surface area contributed by atoms with E-state index in [4.69, 9.17) is 0 Å². The van der Waals surface area contributed by atoms with Gasteiger partial charge in [0.1, 0.15) is 5.69 Å². The zero-order chi connectivity index (χ0) is 14.8. The monoisotopic (exact) mass is 282 g/mol. The van der Waals surface area contributed by atoms with E-state index < -0.39 is 0 Å². The van der Waals surface area contributed by atoms with Crippen molar-refractivity contribution in [2.45, 2.75) is 33.1 Å².